The number of rotatable bonds is 4. The second kappa shape index (κ2) is 5.93. The normalized spacial score (nSPS) is 23.0. The van der Waals surface area contributed by atoms with Crippen molar-refractivity contribution < 1.29 is 18.7 Å². The first-order valence-electron chi connectivity index (χ1n) is 5.87. The number of carbonyl (C=O) groups excluding carboxylic acids is 1. The van der Waals surface area contributed by atoms with Gasteiger partial charge in [-0.25, -0.2) is 4.39 Å². The molecule has 4 nitrogen and oxygen atoms in total. The van der Waals surface area contributed by atoms with E-state index in [1.807, 2.05) is 0 Å². The van der Waals surface area contributed by atoms with Crippen LogP contribution in [0.2, 0.25) is 0 Å². The second-order valence-corrected chi connectivity index (χ2v) is 4.25. The third-order valence-electron chi connectivity index (χ3n) is 3.04. The lowest BCUT2D eigenvalue weighted by molar-refractivity contribution is -0.147. The Labute approximate surface area is 105 Å². The number of methoxy groups -OCH3 is 1. The molecule has 0 saturated carbocycles. The van der Waals surface area contributed by atoms with Crippen molar-refractivity contribution in [2.45, 2.75) is 25.2 Å². The molecule has 1 aliphatic heterocycles. The molecule has 98 valence electrons. The summed E-state index contributed by atoms with van der Waals surface area (Å²) >= 11 is 0. The molecule has 1 aromatic rings. The van der Waals surface area contributed by atoms with Gasteiger partial charge >= 0.3 is 5.97 Å². The van der Waals surface area contributed by atoms with Gasteiger partial charge in [0.1, 0.15) is 18.5 Å². The van der Waals surface area contributed by atoms with E-state index in [1.54, 1.807) is 25.3 Å². The van der Waals surface area contributed by atoms with E-state index in [2.05, 4.69) is 5.32 Å². The van der Waals surface area contributed by atoms with Gasteiger partial charge in [-0.3, -0.25) is 4.79 Å². The summed E-state index contributed by atoms with van der Waals surface area (Å²) in [7, 11) is 1.61. The van der Waals surface area contributed by atoms with E-state index in [9.17, 15) is 9.18 Å². The highest BCUT2D eigenvalue weighted by atomic mass is 19.1. The Hall–Kier alpha value is -1.46. The minimum atomic E-state index is -0.363. The average Bonchev–Trinajstić information content (AvgIpc) is 2.86. The first-order valence-corrected chi connectivity index (χ1v) is 5.87. The average molecular weight is 253 g/mol. The molecule has 0 spiro atoms. The number of ether oxygens (including phenoxy) is 2. The van der Waals surface area contributed by atoms with Crippen molar-refractivity contribution in [1.82, 2.24) is 5.32 Å². The van der Waals surface area contributed by atoms with Gasteiger partial charge in [-0.1, -0.05) is 18.2 Å². The molecule has 1 aliphatic rings. The summed E-state index contributed by atoms with van der Waals surface area (Å²) in [5.41, 5.74) is 0.382. The van der Waals surface area contributed by atoms with Crippen LogP contribution in [0, 0.1) is 5.82 Å². The fourth-order valence-electron chi connectivity index (χ4n) is 1.93. The fraction of sp³-hybridized carbons (Fsp3) is 0.462. The first-order chi connectivity index (χ1) is 8.70. The van der Waals surface area contributed by atoms with E-state index in [-0.39, 0.29) is 30.5 Å². The Balaban J connectivity index is 1.84. The molecular weight excluding hydrogens is 237 g/mol. The molecule has 0 bridgehead atoms. The Morgan fingerprint density at radius 1 is 1.50 bits per heavy atom. The second-order valence-electron chi connectivity index (χ2n) is 4.25. The quantitative estimate of drug-likeness (QED) is 0.820. The fourth-order valence-corrected chi connectivity index (χ4v) is 1.93. The van der Waals surface area contributed by atoms with Crippen molar-refractivity contribution in [2.75, 3.05) is 13.7 Å². The van der Waals surface area contributed by atoms with Gasteiger partial charge in [0.2, 0.25) is 0 Å². The summed E-state index contributed by atoms with van der Waals surface area (Å²) in [5.74, 6) is -0.725. The van der Waals surface area contributed by atoms with E-state index in [1.165, 1.54) is 6.07 Å². The predicted octanol–water partition coefficient (Wildman–Crippen LogP) is 1.25. The van der Waals surface area contributed by atoms with Gasteiger partial charge in [0.25, 0.3) is 0 Å². The van der Waals surface area contributed by atoms with Gasteiger partial charge in [0, 0.05) is 25.6 Å². The molecule has 1 saturated heterocycles. The van der Waals surface area contributed by atoms with Gasteiger partial charge in [0.15, 0.2) is 0 Å². The molecule has 5 heteroatoms. The third kappa shape index (κ3) is 3.05. The lowest BCUT2D eigenvalue weighted by atomic mass is 10.2. The van der Waals surface area contributed by atoms with Gasteiger partial charge < -0.3 is 14.8 Å². The predicted molar refractivity (Wildman–Crippen MR) is 63.4 cm³/mol. The van der Waals surface area contributed by atoms with E-state index >= 15 is 0 Å². The molecule has 0 aromatic heterocycles. The number of hydrogen-bond donors (Lipinski definition) is 1. The molecule has 2 rings (SSSR count). The highest BCUT2D eigenvalue weighted by Crippen LogP contribution is 2.13. The van der Waals surface area contributed by atoms with E-state index in [4.69, 9.17) is 9.47 Å². The zero-order chi connectivity index (χ0) is 13.0. The lowest BCUT2D eigenvalue weighted by Crippen LogP contribution is -2.32. The molecule has 1 N–H and O–H groups in total. The van der Waals surface area contributed by atoms with Crippen LogP contribution in [0.15, 0.2) is 24.3 Å². The van der Waals surface area contributed by atoms with Crippen molar-refractivity contribution >= 4 is 5.97 Å². The van der Waals surface area contributed by atoms with Crippen molar-refractivity contribution in [1.29, 1.82) is 0 Å². The van der Waals surface area contributed by atoms with Crippen LogP contribution in [0.5, 0.6) is 0 Å². The first kappa shape index (κ1) is 13.0. The maximum absolute atomic E-state index is 13.3. The van der Waals surface area contributed by atoms with Crippen LogP contribution in [-0.4, -0.2) is 31.8 Å². The number of carbonyl (C=O) groups is 1. The zero-order valence-electron chi connectivity index (χ0n) is 10.2. The van der Waals surface area contributed by atoms with Crippen LogP contribution in [-0.2, 0) is 20.9 Å². The minimum absolute atomic E-state index is 0.0380. The molecule has 2 unspecified atom stereocenters. The van der Waals surface area contributed by atoms with Crippen LogP contribution in [0.4, 0.5) is 4.39 Å². The SMILES string of the molecule is COC1CNC(C(=O)OCc2ccccc2F)C1. The Morgan fingerprint density at radius 3 is 2.94 bits per heavy atom. The summed E-state index contributed by atoms with van der Waals surface area (Å²) in [4.78, 5) is 11.7. The van der Waals surface area contributed by atoms with Crippen LogP contribution < -0.4 is 5.32 Å². The topological polar surface area (TPSA) is 47.6 Å². The molecule has 0 amide bonds. The highest BCUT2D eigenvalue weighted by molar-refractivity contribution is 5.76. The number of esters is 1. The van der Waals surface area contributed by atoms with Crippen LogP contribution >= 0.6 is 0 Å². The highest BCUT2D eigenvalue weighted by Gasteiger charge is 2.30. The number of nitrogens with one attached hydrogen (secondary N) is 1. The van der Waals surface area contributed by atoms with Gasteiger partial charge in [-0.05, 0) is 6.07 Å². The summed E-state index contributed by atoms with van der Waals surface area (Å²) in [5, 5.41) is 3.01. The number of hydrogen-bond acceptors (Lipinski definition) is 4. The third-order valence-corrected chi connectivity index (χ3v) is 3.04. The van der Waals surface area contributed by atoms with Crippen LogP contribution in [0.25, 0.3) is 0 Å². The summed E-state index contributed by atoms with van der Waals surface area (Å²) in [6.45, 7) is 0.595. The van der Waals surface area contributed by atoms with Gasteiger partial charge in [-0.2, -0.15) is 0 Å². The molecule has 2 atom stereocenters. The van der Waals surface area contributed by atoms with Crippen molar-refractivity contribution in [2.24, 2.45) is 0 Å². The molecule has 0 radical (unpaired) electrons. The standard InChI is InChI=1S/C13H16FNO3/c1-17-10-6-12(15-7-10)13(16)18-8-9-4-2-3-5-11(9)14/h2-5,10,12,15H,6-8H2,1H3. The van der Waals surface area contributed by atoms with E-state index in [0.29, 0.717) is 18.5 Å². The largest absolute Gasteiger partial charge is 0.460 e. The van der Waals surface area contributed by atoms with Crippen molar-refractivity contribution in [3.05, 3.63) is 35.6 Å². The maximum Gasteiger partial charge on any atom is 0.323 e. The van der Waals surface area contributed by atoms with E-state index in [0.717, 1.165) is 0 Å². The Morgan fingerprint density at radius 2 is 2.28 bits per heavy atom. The maximum atomic E-state index is 13.3. The number of halogens is 1. The number of benzene rings is 1. The molecule has 18 heavy (non-hydrogen) atoms. The zero-order valence-corrected chi connectivity index (χ0v) is 10.2. The van der Waals surface area contributed by atoms with Gasteiger partial charge in [-0.15, -0.1) is 0 Å². The smallest absolute Gasteiger partial charge is 0.323 e. The monoisotopic (exact) mass is 253 g/mol. The molecule has 1 heterocycles. The lowest BCUT2D eigenvalue weighted by Gasteiger charge is -2.10. The molecule has 0 aliphatic carbocycles. The summed E-state index contributed by atoms with van der Waals surface area (Å²) in [6, 6.07) is 5.89. The summed E-state index contributed by atoms with van der Waals surface area (Å²) < 4.78 is 23.5. The molecule has 1 aromatic carbocycles. The van der Waals surface area contributed by atoms with E-state index < -0.39 is 0 Å². The minimum Gasteiger partial charge on any atom is -0.460 e. The molecular formula is C13H16FNO3. The van der Waals surface area contributed by atoms with Gasteiger partial charge in [0.05, 0.1) is 6.10 Å². The Kier molecular flexibility index (Phi) is 4.28. The summed E-state index contributed by atoms with van der Waals surface area (Å²) in [6.07, 6.45) is 0.628. The Bertz CT molecular complexity index is 424. The van der Waals surface area contributed by atoms with Crippen LogP contribution in [0.3, 0.4) is 0 Å². The molecule has 1 fully saturated rings. The van der Waals surface area contributed by atoms with Crippen molar-refractivity contribution in [3.8, 4) is 0 Å². The van der Waals surface area contributed by atoms with Crippen molar-refractivity contribution in [3.63, 3.8) is 0 Å². The van der Waals surface area contributed by atoms with Crippen LogP contribution in [0.1, 0.15) is 12.0 Å².